The molecule has 3 rings (SSSR count). The predicted octanol–water partition coefficient (Wildman–Crippen LogP) is 2.42. The molecule has 0 bridgehead atoms. The lowest BCUT2D eigenvalue weighted by Gasteiger charge is -2.26. The molecule has 0 spiro atoms. The molecule has 1 atom stereocenters. The Morgan fingerprint density at radius 2 is 2.06 bits per heavy atom. The molecule has 1 aromatic carbocycles. The predicted molar refractivity (Wildman–Crippen MR) is 129 cm³/mol. The summed E-state index contributed by atoms with van der Waals surface area (Å²) in [5.41, 5.74) is 2.14. The lowest BCUT2D eigenvalue weighted by atomic mass is 10.2. The molecule has 0 aliphatic carbocycles. The zero-order valence-electron chi connectivity index (χ0n) is 19.8. The van der Waals surface area contributed by atoms with Crippen molar-refractivity contribution in [2.45, 2.75) is 38.8 Å². The minimum Gasteiger partial charge on any atom is -0.357 e. The van der Waals surface area contributed by atoms with Gasteiger partial charge in [-0.1, -0.05) is 30.3 Å². The second-order valence-electron chi connectivity index (χ2n) is 8.48. The van der Waals surface area contributed by atoms with E-state index in [2.05, 4.69) is 44.1 Å². The number of aromatic amines is 1. The number of aliphatic imine (C=N–C) groups is 1. The van der Waals surface area contributed by atoms with Crippen LogP contribution in [0.5, 0.6) is 0 Å². The van der Waals surface area contributed by atoms with Crippen molar-refractivity contribution in [3.05, 3.63) is 42.4 Å². The van der Waals surface area contributed by atoms with E-state index >= 15 is 0 Å². The van der Waals surface area contributed by atoms with Crippen molar-refractivity contribution in [1.29, 1.82) is 0 Å². The minimum atomic E-state index is 0.0302. The molecule has 32 heavy (non-hydrogen) atoms. The molecule has 0 radical (unpaired) electrons. The molecule has 2 heterocycles. The summed E-state index contributed by atoms with van der Waals surface area (Å²) in [6, 6.07) is 10.2. The number of rotatable bonds is 9. The first kappa shape index (κ1) is 23.8. The van der Waals surface area contributed by atoms with E-state index in [0.717, 1.165) is 68.5 Å². The summed E-state index contributed by atoms with van der Waals surface area (Å²) in [5.74, 6) is 1.99. The first-order valence-electron chi connectivity index (χ1n) is 11.5. The summed E-state index contributed by atoms with van der Waals surface area (Å²) < 4.78 is 0. The summed E-state index contributed by atoms with van der Waals surface area (Å²) in [6.07, 6.45) is 4.86. The van der Waals surface area contributed by atoms with Crippen LogP contribution < -0.4 is 5.32 Å². The number of nitrogens with zero attached hydrogens (tertiary/aromatic N) is 5. The lowest BCUT2D eigenvalue weighted by Crippen LogP contribution is -2.43. The highest BCUT2D eigenvalue weighted by atomic mass is 16.2. The number of aromatic nitrogens is 2. The molecule has 2 aromatic rings. The second-order valence-corrected chi connectivity index (χ2v) is 8.48. The first-order valence-corrected chi connectivity index (χ1v) is 11.5. The molecular weight excluding hydrogens is 402 g/mol. The summed E-state index contributed by atoms with van der Waals surface area (Å²) >= 11 is 0. The molecule has 174 valence electrons. The smallest absolute Gasteiger partial charge is 0.239 e. The summed E-state index contributed by atoms with van der Waals surface area (Å²) in [5, 5.41) is 3.37. The van der Waals surface area contributed by atoms with E-state index < -0.39 is 0 Å². The van der Waals surface area contributed by atoms with Gasteiger partial charge in [0.2, 0.25) is 5.91 Å². The quantitative estimate of drug-likeness (QED) is 0.356. The molecule has 1 aromatic heterocycles. The number of hydrogen-bond donors (Lipinski definition) is 2. The molecule has 1 aliphatic rings. The normalized spacial score (nSPS) is 16.9. The van der Waals surface area contributed by atoms with Crippen molar-refractivity contribution >= 4 is 11.9 Å². The van der Waals surface area contributed by atoms with E-state index in [0.29, 0.717) is 6.54 Å². The van der Waals surface area contributed by atoms with Crippen LogP contribution in [-0.2, 0) is 11.3 Å². The molecular formula is C24H37N7O. The third kappa shape index (κ3) is 6.32. The van der Waals surface area contributed by atoms with Gasteiger partial charge in [0, 0.05) is 40.8 Å². The van der Waals surface area contributed by atoms with Crippen LogP contribution in [0.15, 0.2) is 41.5 Å². The third-order valence-corrected chi connectivity index (χ3v) is 5.75. The van der Waals surface area contributed by atoms with Gasteiger partial charge in [0.15, 0.2) is 5.96 Å². The molecule has 8 heteroatoms. The Morgan fingerprint density at radius 3 is 2.78 bits per heavy atom. The zero-order valence-corrected chi connectivity index (χ0v) is 19.8. The summed E-state index contributed by atoms with van der Waals surface area (Å²) in [4.78, 5) is 31.2. The number of amides is 1. The maximum atomic E-state index is 12.4. The van der Waals surface area contributed by atoms with Gasteiger partial charge >= 0.3 is 0 Å². The van der Waals surface area contributed by atoms with Gasteiger partial charge in [-0.05, 0) is 38.3 Å². The van der Waals surface area contributed by atoms with Gasteiger partial charge in [-0.25, -0.2) is 4.98 Å². The van der Waals surface area contributed by atoms with Gasteiger partial charge in [-0.2, -0.15) is 0 Å². The van der Waals surface area contributed by atoms with E-state index in [4.69, 9.17) is 4.99 Å². The van der Waals surface area contributed by atoms with Crippen LogP contribution in [0.1, 0.15) is 32.0 Å². The van der Waals surface area contributed by atoms with E-state index in [1.54, 1.807) is 4.90 Å². The summed E-state index contributed by atoms with van der Waals surface area (Å²) in [6.45, 7) is 6.14. The van der Waals surface area contributed by atoms with Crippen molar-refractivity contribution in [1.82, 2.24) is 30.0 Å². The Kier molecular flexibility index (Phi) is 8.67. The molecule has 1 fully saturated rings. The largest absolute Gasteiger partial charge is 0.357 e. The third-order valence-electron chi connectivity index (χ3n) is 5.75. The average molecular weight is 440 g/mol. The number of nitrogens with one attached hydrogen (secondary N) is 2. The number of carbonyl (C=O) groups is 1. The number of guanidine groups is 1. The number of imidazole rings is 1. The van der Waals surface area contributed by atoms with Crippen molar-refractivity contribution in [2.24, 2.45) is 4.99 Å². The molecule has 8 nitrogen and oxygen atoms in total. The standard InChI is InChI=1S/C24H37N7O/c1-5-25-24(26-14-10-16-31-15-9-13-21(31)23(32)29(2)3)30(4)18-22-27-17-20(28-22)19-11-7-6-8-12-19/h6-8,11-12,17,21H,5,9-10,13-16,18H2,1-4H3,(H,25,26)(H,27,28). The van der Waals surface area contributed by atoms with Gasteiger partial charge in [0.05, 0.1) is 24.5 Å². The Labute approximate surface area is 191 Å². The second kappa shape index (κ2) is 11.7. The molecule has 1 unspecified atom stereocenters. The van der Waals surface area contributed by atoms with Gasteiger partial charge < -0.3 is 20.1 Å². The van der Waals surface area contributed by atoms with Crippen LogP contribution >= 0.6 is 0 Å². The topological polar surface area (TPSA) is 79.9 Å². The lowest BCUT2D eigenvalue weighted by molar-refractivity contribution is -0.133. The fourth-order valence-corrected chi connectivity index (χ4v) is 4.11. The fraction of sp³-hybridized carbons (Fsp3) is 0.542. The number of likely N-dealkylation sites (N-methyl/N-ethyl adjacent to an activating group) is 1. The van der Waals surface area contributed by atoms with E-state index in [-0.39, 0.29) is 11.9 Å². The van der Waals surface area contributed by atoms with Gasteiger partial charge in [-0.15, -0.1) is 0 Å². The average Bonchev–Trinajstić information content (AvgIpc) is 3.45. The van der Waals surface area contributed by atoms with Crippen LogP contribution in [0.2, 0.25) is 0 Å². The number of hydrogen-bond acceptors (Lipinski definition) is 4. The van der Waals surface area contributed by atoms with Gasteiger partial charge in [-0.3, -0.25) is 14.7 Å². The maximum Gasteiger partial charge on any atom is 0.239 e. The van der Waals surface area contributed by atoms with Crippen molar-refractivity contribution in [2.75, 3.05) is 47.3 Å². The number of H-pyrrole nitrogens is 1. The molecule has 2 N–H and O–H groups in total. The molecule has 1 saturated heterocycles. The Balaban J connectivity index is 1.53. The van der Waals surface area contributed by atoms with Crippen LogP contribution in [0.3, 0.4) is 0 Å². The molecule has 0 saturated carbocycles. The van der Waals surface area contributed by atoms with E-state index in [1.807, 2.05) is 45.5 Å². The maximum absolute atomic E-state index is 12.4. The number of benzene rings is 1. The molecule has 1 amide bonds. The minimum absolute atomic E-state index is 0.0302. The SMILES string of the molecule is CCNC(=NCCCN1CCCC1C(=O)N(C)C)N(C)Cc1ncc(-c2ccccc2)[nH]1. The monoisotopic (exact) mass is 439 g/mol. The highest BCUT2D eigenvalue weighted by Gasteiger charge is 2.30. The van der Waals surface area contributed by atoms with E-state index in [9.17, 15) is 4.79 Å². The van der Waals surface area contributed by atoms with Gasteiger partial charge in [0.25, 0.3) is 0 Å². The fourth-order valence-electron chi connectivity index (χ4n) is 4.11. The first-order chi connectivity index (χ1) is 15.5. The highest BCUT2D eigenvalue weighted by molar-refractivity contribution is 5.81. The van der Waals surface area contributed by atoms with Crippen molar-refractivity contribution in [3.8, 4) is 11.3 Å². The Morgan fingerprint density at radius 1 is 1.28 bits per heavy atom. The summed E-state index contributed by atoms with van der Waals surface area (Å²) in [7, 11) is 5.70. The molecule has 1 aliphatic heterocycles. The zero-order chi connectivity index (χ0) is 22.9. The van der Waals surface area contributed by atoms with Crippen LogP contribution in [-0.4, -0.2) is 89.9 Å². The van der Waals surface area contributed by atoms with Crippen LogP contribution in [0.4, 0.5) is 0 Å². The number of likely N-dealkylation sites (tertiary alicyclic amines) is 1. The van der Waals surface area contributed by atoms with Crippen molar-refractivity contribution in [3.63, 3.8) is 0 Å². The van der Waals surface area contributed by atoms with Crippen LogP contribution in [0, 0.1) is 0 Å². The van der Waals surface area contributed by atoms with Crippen molar-refractivity contribution < 1.29 is 4.79 Å². The Hall–Kier alpha value is -2.87. The highest BCUT2D eigenvalue weighted by Crippen LogP contribution is 2.19. The van der Waals surface area contributed by atoms with Crippen LogP contribution in [0.25, 0.3) is 11.3 Å². The Bertz CT molecular complexity index is 877. The van der Waals surface area contributed by atoms with E-state index in [1.165, 1.54) is 0 Å². The number of carbonyl (C=O) groups excluding carboxylic acids is 1. The van der Waals surface area contributed by atoms with Gasteiger partial charge in [0.1, 0.15) is 5.82 Å².